The van der Waals surface area contributed by atoms with Gasteiger partial charge in [-0.05, 0) is 38.1 Å². The van der Waals surface area contributed by atoms with E-state index < -0.39 is 0 Å². The first-order valence-electron chi connectivity index (χ1n) is 7.37. The third-order valence-corrected chi connectivity index (χ3v) is 4.77. The summed E-state index contributed by atoms with van der Waals surface area (Å²) >= 11 is 0. The fourth-order valence-electron chi connectivity index (χ4n) is 3.57. The Hall–Kier alpha value is -0.610. The van der Waals surface area contributed by atoms with Gasteiger partial charge in [0.1, 0.15) is 0 Å². The molecular formula is C14H26N2O2. The van der Waals surface area contributed by atoms with Crippen molar-refractivity contribution in [3.05, 3.63) is 0 Å². The van der Waals surface area contributed by atoms with Crippen molar-refractivity contribution < 1.29 is 9.90 Å². The Morgan fingerprint density at radius 1 is 1.11 bits per heavy atom. The van der Waals surface area contributed by atoms with E-state index in [0.717, 1.165) is 38.5 Å². The molecule has 0 aromatic heterocycles. The van der Waals surface area contributed by atoms with E-state index in [9.17, 15) is 9.90 Å². The zero-order valence-electron chi connectivity index (χ0n) is 11.1. The smallest absolute Gasteiger partial charge is 0.223 e. The van der Waals surface area contributed by atoms with Crippen LogP contribution in [-0.4, -0.2) is 30.2 Å². The SMILES string of the molecule is NCC1CCCC1C(=O)NC1CCCCC1CO. The van der Waals surface area contributed by atoms with Crippen LogP contribution in [0.15, 0.2) is 0 Å². The van der Waals surface area contributed by atoms with Crippen molar-refractivity contribution in [2.45, 2.75) is 51.0 Å². The van der Waals surface area contributed by atoms with Crippen LogP contribution < -0.4 is 11.1 Å². The monoisotopic (exact) mass is 254 g/mol. The first kappa shape index (κ1) is 13.8. The van der Waals surface area contributed by atoms with Gasteiger partial charge in [-0.15, -0.1) is 0 Å². The van der Waals surface area contributed by atoms with Gasteiger partial charge in [0.15, 0.2) is 0 Å². The van der Waals surface area contributed by atoms with Crippen LogP contribution in [0.4, 0.5) is 0 Å². The molecule has 2 aliphatic carbocycles. The molecule has 0 heterocycles. The van der Waals surface area contributed by atoms with Crippen LogP contribution in [0.25, 0.3) is 0 Å². The van der Waals surface area contributed by atoms with Crippen LogP contribution in [0, 0.1) is 17.8 Å². The molecule has 2 saturated carbocycles. The van der Waals surface area contributed by atoms with Crippen molar-refractivity contribution in [3.63, 3.8) is 0 Å². The van der Waals surface area contributed by atoms with Gasteiger partial charge in [-0.2, -0.15) is 0 Å². The van der Waals surface area contributed by atoms with Gasteiger partial charge in [-0.3, -0.25) is 4.79 Å². The van der Waals surface area contributed by atoms with Crippen molar-refractivity contribution in [2.24, 2.45) is 23.5 Å². The number of nitrogens with one attached hydrogen (secondary N) is 1. The van der Waals surface area contributed by atoms with E-state index in [2.05, 4.69) is 5.32 Å². The van der Waals surface area contributed by atoms with Gasteiger partial charge in [0.05, 0.1) is 0 Å². The summed E-state index contributed by atoms with van der Waals surface area (Å²) in [5.41, 5.74) is 5.73. The fraction of sp³-hybridized carbons (Fsp3) is 0.929. The minimum Gasteiger partial charge on any atom is -0.396 e. The van der Waals surface area contributed by atoms with Crippen molar-refractivity contribution in [1.29, 1.82) is 0 Å². The second-order valence-electron chi connectivity index (χ2n) is 5.88. The number of aliphatic hydroxyl groups is 1. The largest absolute Gasteiger partial charge is 0.396 e. The van der Waals surface area contributed by atoms with Gasteiger partial charge in [-0.1, -0.05) is 19.3 Å². The van der Waals surface area contributed by atoms with E-state index in [0.29, 0.717) is 12.5 Å². The van der Waals surface area contributed by atoms with Crippen LogP contribution >= 0.6 is 0 Å². The van der Waals surface area contributed by atoms with E-state index in [1.54, 1.807) is 0 Å². The summed E-state index contributed by atoms with van der Waals surface area (Å²) in [7, 11) is 0. The Morgan fingerprint density at radius 3 is 2.56 bits per heavy atom. The molecule has 0 spiro atoms. The van der Waals surface area contributed by atoms with Gasteiger partial charge in [-0.25, -0.2) is 0 Å². The second-order valence-corrected chi connectivity index (χ2v) is 5.88. The lowest BCUT2D eigenvalue weighted by Crippen LogP contribution is -2.46. The Labute approximate surface area is 109 Å². The number of carbonyl (C=O) groups excluding carboxylic acids is 1. The fourth-order valence-corrected chi connectivity index (χ4v) is 3.57. The van der Waals surface area contributed by atoms with Gasteiger partial charge < -0.3 is 16.2 Å². The van der Waals surface area contributed by atoms with Crippen molar-refractivity contribution in [3.8, 4) is 0 Å². The molecule has 0 radical (unpaired) electrons. The first-order chi connectivity index (χ1) is 8.76. The molecule has 18 heavy (non-hydrogen) atoms. The highest BCUT2D eigenvalue weighted by Gasteiger charge is 2.34. The van der Waals surface area contributed by atoms with Crippen LogP contribution in [0.1, 0.15) is 44.9 Å². The van der Waals surface area contributed by atoms with Crippen molar-refractivity contribution in [1.82, 2.24) is 5.32 Å². The molecule has 2 rings (SSSR count). The minimum atomic E-state index is 0.108. The summed E-state index contributed by atoms with van der Waals surface area (Å²) in [5.74, 6) is 0.895. The zero-order chi connectivity index (χ0) is 13.0. The quantitative estimate of drug-likeness (QED) is 0.701. The van der Waals surface area contributed by atoms with Crippen LogP contribution in [0.5, 0.6) is 0 Å². The molecule has 2 aliphatic rings. The predicted octanol–water partition coefficient (Wildman–Crippen LogP) is 1.03. The topological polar surface area (TPSA) is 75.4 Å². The molecule has 1 amide bonds. The summed E-state index contributed by atoms with van der Waals surface area (Å²) in [6, 6.07) is 0.176. The number of carbonyl (C=O) groups is 1. The number of amides is 1. The number of nitrogens with two attached hydrogens (primary N) is 1. The lowest BCUT2D eigenvalue weighted by molar-refractivity contribution is -0.127. The summed E-state index contributed by atoms with van der Waals surface area (Å²) in [6.45, 7) is 0.808. The van der Waals surface area contributed by atoms with Crippen molar-refractivity contribution >= 4 is 5.91 Å². The Kier molecular flexibility index (Phi) is 5.01. The van der Waals surface area contributed by atoms with Crippen molar-refractivity contribution in [2.75, 3.05) is 13.2 Å². The Bertz CT molecular complexity index is 283. The molecule has 4 atom stereocenters. The zero-order valence-corrected chi connectivity index (χ0v) is 11.1. The standard InChI is InChI=1S/C14H26N2O2/c15-8-10-5-3-6-12(10)14(18)16-13-7-2-1-4-11(13)9-17/h10-13,17H,1-9,15H2,(H,16,18). The molecule has 104 valence electrons. The third kappa shape index (κ3) is 3.04. The lowest BCUT2D eigenvalue weighted by atomic mass is 9.84. The van der Waals surface area contributed by atoms with E-state index in [1.165, 1.54) is 6.42 Å². The van der Waals surface area contributed by atoms with Crippen LogP contribution in [0.3, 0.4) is 0 Å². The molecule has 4 unspecified atom stereocenters. The average molecular weight is 254 g/mol. The summed E-state index contributed by atoms with van der Waals surface area (Å²) in [5, 5.41) is 12.5. The molecule has 4 heteroatoms. The summed E-state index contributed by atoms with van der Waals surface area (Å²) in [4.78, 5) is 12.3. The van der Waals surface area contributed by atoms with E-state index in [1.807, 2.05) is 0 Å². The molecule has 4 nitrogen and oxygen atoms in total. The molecule has 0 aliphatic heterocycles. The average Bonchev–Trinajstić information content (AvgIpc) is 2.87. The highest BCUT2D eigenvalue weighted by atomic mass is 16.3. The van der Waals surface area contributed by atoms with Crippen LogP contribution in [0.2, 0.25) is 0 Å². The summed E-state index contributed by atoms with van der Waals surface area (Å²) < 4.78 is 0. The summed E-state index contributed by atoms with van der Waals surface area (Å²) in [6.07, 6.45) is 7.56. The van der Waals surface area contributed by atoms with Gasteiger partial charge in [0, 0.05) is 24.5 Å². The molecule has 4 N–H and O–H groups in total. The number of aliphatic hydroxyl groups excluding tert-OH is 1. The lowest BCUT2D eigenvalue weighted by Gasteiger charge is -2.32. The third-order valence-electron chi connectivity index (χ3n) is 4.77. The predicted molar refractivity (Wildman–Crippen MR) is 70.9 cm³/mol. The molecular weight excluding hydrogens is 228 g/mol. The molecule has 2 fully saturated rings. The minimum absolute atomic E-state index is 0.108. The first-order valence-corrected chi connectivity index (χ1v) is 7.37. The van der Waals surface area contributed by atoms with E-state index in [-0.39, 0.29) is 30.4 Å². The van der Waals surface area contributed by atoms with Gasteiger partial charge in [0.25, 0.3) is 0 Å². The highest BCUT2D eigenvalue weighted by Crippen LogP contribution is 2.32. The van der Waals surface area contributed by atoms with Gasteiger partial charge >= 0.3 is 0 Å². The highest BCUT2D eigenvalue weighted by molar-refractivity contribution is 5.79. The van der Waals surface area contributed by atoms with Gasteiger partial charge in [0.2, 0.25) is 5.91 Å². The number of hydrogen-bond donors (Lipinski definition) is 3. The Balaban J connectivity index is 1.89. The number of hydrogen-bond acceptors (Lipinski definition) is 3. The molecule has 0 saturated heterocycles. The van der Waals surface area contributed by atoms with E-state index >= 15 is 0 Å². The molecule has 0 aromatic rings. The van der Waals surface area contributed by atoms with E-state index in [4.69, 9.17) is 5.73 Å². The molecule has 0 aromatic carbocycles. The van der Waals surface area contributed by atoms with Crippen LogP contribution in [-0.2, 0) is 4.79 Å². The maximum atomic E-state index is 12.3. The Morgan fingerprint density at radius 2 is 1.83 bits per heavy atom. The second kappa shape index (κ2) is 6.53. The molecule has 0 bridgehead atoms. The maximum absolute atomic E-state index is 12.3. The maximum Gasteiger partial charge on any atom is 0.223 e. The number of rotatable bonds is 4. The normalized spacial score (nSPS) is 36.6.